The van der Waals surface area contributed by atoms with Crippen molar-refractivity contribution in [3.8, 4) is 0 Å². The van der Waals surface area contributed by atoms with Gasteiger partial charge in [0, 0.05) is 31.8 Å². The molecule has 2 heterocycles. The Labute approximate surface area is 120 Å². The highest BCUT2D eigenvalue weighted by atomic mass is 15.1. The zero-order chi connectivity index (χ0) is 13.5. The molecule has 0 saturated carbocycles. The van der Waals surface area contributed by atoms with Crippen LogP contribution in [0.15, 0.2) is 24.3 Å². The number of hydrogen-bond donors (Lipinski definition) is 1. The predicted octanol–water partition coefficient (Wildman–Crippen LogP) is 1.31. The number of fused-ring (bicyclic) bond motifs is 2. The van der Waals surface area contributed by atoms with Crippen molar-refractivity contribution in [2.45, 2.75) is 19.3 Å². The predicted molar refractivity (Wildman–Crippen MR) is 84.4 cm³/mol. The minimum atomic E-state index is 0.675. The highest BCUT2D eigenvalue weighted by molar-refractivity contribution is 5.68. The Morgan fingerprint density at radius 1 is 1.30 bits per heavy atom. The molecule has 0 bridgehead atoms. The first-order chi connectivity index (χ1) is 9.81. The van der Waals surface area contributed by atoms with E-state index < -0.39 is 0 Å². The molecular weight excluding hydrogens is 244 g/mol. The molecule has 1 atom stereocenters. The largest absolute Gasteiger partial charge is 0.390 e. The van der Waals surface area contributed by atoms with Gasteiger partial charge in [-0.15, -0.1) is 0 Å². The van der Waals surface area contributed by atoms with Crippen molar-refractivity contribution < 1.29 is 0 Å². The van der Waals surface area contributed by atoms with Crippen molar-refractivity contribution in [1.29, 1.82) is 0 Å². The third-order valence-electron chi connectivity index (χ3n) is 4.90. The summed E-state index contributed by atoms with van der Waals surface area (Å²) in [5.74, 6) is 0.675. The lowest BCUT2D eigenvalue weighted by Gasteiger charge is -2.09. The quantitative estimate of drug-likeness (QED) is 0.824. The molecule has 2 nitrogen and oxygen atoms in total. The number of rotatable bonds is 1. The summed E-state index contributed by atoms with van der Waals surface area (Å²) in [6.45, 7) is 3.38. The van der Waals surface area contributed by atoms with Crippen molar-refractivity contribution in [1.82, 2.24) is 10.2 Å². The van der Waals surface area contributed by atoms with Gasteiger partial charge < -0.3 is 10.2 Å². The molecule has 104 valence electrons. The summed E-state index contributed by atoms with van der Waals surface area (Å²) in [6, 6.07) is 7.07. The molecule has 0 spiro atoms. The molecule has 1 fully saturated rings. The number of nitrogens with zero attached hydrogens (tertiary/aromatic N) is 1. The Hall–Kier alpha value is -1.54. The third kappa shape index (κ3) is 1.99. The number of nitrogens with one attached hydrogen (secondary N) is 1. The second kappa shape index (κ2) is 4.78. The van der Waals surface area contributed by atoms with Crippen LogP contribution in [0.1, 0.15) is 24.8 Å². The van der Waals surface area contributed by atoms with E-state index in [1.807, 2.05) is 0 Å². The molecular formula is C18H22N2. The van der Waals surface area contributed by atoms with Gasteiger partial charge in [-0.3, -0.25) is 0 Å². The fourth-order valence-corrected chi connectivity index (χ4v) is 3.88. The maximum absolute atomic E-state index is 3.52. The van der Waals surface area contributed by atoms with Gasteiger partial charge in [0.1, 0.15) is 0 Å². The van der Waals surface area contributed by atoms with E-state index in [9.17, 15) is 0 Å². The van der Waals surface area contributed by atoms with Gasteiger partial charge in [-0.2, -0.15) is 0 Å². The average molecular weight is 266 g/mol. The second-order valence-electron chi connectivity index (χ2n) is 6.40. The van der Waals surface area contributed by atoms with Gasteiger partial charge in [0.2, 0.25) is 0 Å². The lowest BCUT2D eigenvalue weighted by molar-refractivity contribution is 0.394. The summed E-state index contributed by atoms with van der Waals surface area (Å²) >= 11 is 0. The molecule has 20 heavy (non-hydrogen) atoms. The van der Waals surface area contributed by atoms with Gasteiger partial charge >= 0.3 is 0 Å². The van der Waals surface area contributed by atoms with E-state index in [0.29, 0.717) is 5.92 Å². The Balaban J connectivity index is 1.87. The van der Waals surface area contributed by atoms with Crippen LogP contribution in [0.5, 0.6) is 0 Å². The second-order valence-corrected chi connectivity index (χ2v) is 6.40. The average Bonchev–Trinajstić information content (AvgIpc) is 3.06. The zero-order valence-corrected chi connectivity index (χ0v) is 12.2. The van der Waals surface area contributed by atoms with Gasteiger partial charge in [-0.1, -0.05) is 18.2 Å². The van der Waals surface area contributed by atoms with Crippen LogP contribution < -0.4 is 15.8 Å². The van der Waals surface area contributed by atoms with E-state index in [0.717, 1.165) is 13.1 Å². The molecule has 2 heteroatoms. The number of hydrogen-bond acceptors (Lipinski definition) is 2. The van der Waals surface area contributed by atoms with Crippen LogP contribution in [0.25, 0.3) is 17.3 Å². The molecule has 1 N–H and O–H groups in total. The topological polar surface area (TPSA) is 15.3 Å². The minimum absolute atomic E-state index is 0.675. The van der Waals surface area contributed by atoms with Crippen molar-refractivity contribution in [3.63, 3.8) is 0 Å². The monoisotopic (exact) mass is 266 g/mol. The van der Waals surface area contributed by atoms with Gasteiger partial charge in [0.25, 0.3) is 0 Å². The molecule has 3 aliphatic rings. The minimum Gasteiger partial charge on any atom is -0.390 e. The number of likely N-dealkylation sites (tertiary alicyclic amines) is 1. The molecule has 0 amide bonds. The summed E-state index contributed by atoms with van der Waals surface area (Å²) in [5, 5.41) is 6.36. The van der Waals surface area contributed by atoms with E-state index in [4.69, 9.17) is 0 Å². The standard InChI is InChI=1S/C18H22N2/c1-20-11-16-10-19-9-15-8-14(13-4-2-3-5-13)6-7-17(15)18(16)12-20/h4,6-9,16,19H,2-3,5,10-12H2,1H3/t16-/m0/s1. The Bertz CT molecular complexity index is 684. The normalized spacial score (nSPS) is 25.4. The molecule has 1 aromatic rings. The summed E-state index contributed by atoms with van der Waals surface area (Å²) in [7, 11) is 2.22. The molecule has 1 aliphatic carbocycles. The Morgan fingerprint density at radius 3 is 3.10 bits per heavy atom. The molecule has 1 saturated heterocycles. The van der Waals surface area contributed by atoms with Crippen molar-refractivity contribution >= 4 is 17.3 Å². The maximum atomic E-state index is 3.52. The highest BCUT2D eigenvalue weighted by Gasteiger charge is 2.26. The summed E-state index contributed by atoms with van der Waals surface area (Å²) in [6.07, 6.45) is 8.44. The van der Waals surface area contributed by atoms with Crippen LogP contribution in [0.2, 0.25) is 0 Å². The first kappa shape index (κ1) is 12.2. The number of benzene rings is 1. The summed E-state index contributed by atoms with van der Waals surface area (Å²) in [4.78, 5) is 2.43. The van der Waals surface area contributed by atoms with Crippen LogP contribution in [0, 0.1) is 5.92 Å². The van der Waals surface area contributed by atoms with Gasteiger partial charge in [-0.25, -0.2) is 0 Å². The van der Waals surface area contributed by atoms with Crippen LogP contribution in [-0.4, -0.2) is 31.6 Å². The lowest BCUT2D eigenvalue weighted by atomic mass is 9.98. The SMILES string of the molecule is CN1CC2=c3ccc(C4=CCCC4)cc3=CNC[C@H]2C1. The van der Waals surface area contributed by atoms with Crippen LogP contribution >= 0.6 is 0 Å². The molecule has 4 rings (SSSR count). The van der Waals surface area contributed by atoms with E-state index in [2.05, 4.69) is 47.7 Å². The Kier molecular flexibility index (Phi) is 2.92. The van der Waals surface area contributed by atoms with Gasteiger partial charge in [0.15, 0.2) is 0 Å². The lowest BCUT2D eigenvalue weighted by Crippen LogP contribution is -2.29. The van der Waals surface area contributed by atoms with Crippen molar-refractivity contribution in [2.75, 3.05) is 26.7 Å². The first-order valence-corrected chi connectivity index (χ1v) is 7.76. The third-order valence-corrected chi connectivity index (χ3v) is 4.90. The van der Waals surface area contributed by atoms with Crippen molar-refractivity contribution in [3.05, 3.63) is 40.3 Å². The fourth-order valence-electron chi connectivity index (χ4n) is 3.88. The fraction of sp³-hybridized carbons (Fsp3) is 0.444. The van der Waals surface area contributed by atoms with Gasteiger partial charge in [-0.05, 0) is 59.5 Å². The van der Waals surface area contributed by atoms with E-state index in [1.165, 1.54) is 47.4 Å². The summed E-state index contributed by atoms with van der Waals surface area (Å²) in [5.41, 5.74) is 4.58. The highest BCUT2D eigenvalue weighted by Crippen LogP contribution is 2.26. The van der Waals surface area contributed by atoms with E-state index in [1.54, 1.807) is 5.57 Å². The smallest absolute Gasteiger partial charge is 0.0220 e. The summed E-state index contributed by atoms with van der Waals surface area (Å²) < 4.78 is 0. The maximum Gasteiger partial charge on any atom is 0.0220 e. The molecule has 0 unspecified atom stereocenters. The Morgan fingerprint density at radius 2 is 2.25 bits per heavy atom. The van der Waals surface area contributed by atoms with Gasteiger partial charge in [0.05, 0.1) is 0 Å². The molecule has 2 aliphatic heterocycles. The van der Waals surface area contributed by atoms with Crippen molar-refractivity contribution in [2.24, 2.45) is 5.92 Å². The van der Waals surface area contributed by atoms with Crippen LogP contribution in [0.4, 0.5) is 0 Å². The molecule has 1 aromatic carbocycles. The van der Waals surface area contributed by atoms with E-state index >= 15 is 0 Å². The van der Waals surface area contributed by atoms with Crippen LogP contribution in [-0.2, 0) is 0 Å². The molecule has 0 aromatic heterocycles. The molecule has 0 radical (unpaired) electrons. The zero-order valence-electron chi connectivity index (χ0n) is 12.2. The van der Waals surface area contributed by atoms with E-state index in [-0.39, 0.29) is 0 Å². The van der Waals surface area contributed by atoms with Crippen LogP contribution in [0.3, 0.4) is 0 Å². The first-order valence-electron chi connectivity index (χ1n) is 7.76. The number of allylic oxidation sites excluding steroid dienone is 2.